The van der Waals surface area contributed by atoms with E-state index in [0.29, 0.717) is 25.7 Å². The van der Waals surface area contributed by atoms with E-state index >= 15 is 0 Å². The molecule has 0 bridgehead atoms. The summed E-state index contributed by atoms with van der Waals surface area (Å²) < 4.78 is 49.3. The molecule has 1 aliphatic carbocycles. The molecular weight excluding hydrogens is 922 g/mol. The molecule has 5 unspecified atom stereocenters. The number of rotatable bonds is 39. The highest BCUT2D eigenvalue weighted by Gasteiger charge is 2.54. The summed E-state index contributed by atoms with van der Waals surface area (Å²) in [4.78, 5) is 66.1. The number of aliphatic hydroxyl groups excluding tert-OH is 4. The first-order valence-corrected chi connectivity index (χ1v) is 27.1. The third kappa shape index (κ3) is 32.6. The molecule has 0 saturated heterocycles. The maximum absolute atomic E-state index is 13.0. The number of ether oxygens (including phenoxy) is 2. The van der Waals surface area contributed by atoms with Crippen LogP contribution in [0, 0.1) is 0 Å². The number of phosphoric acid groups is 2. The number of esters is 2. The number of carbonyl (C=O) groups excluding carboxylic acids is 3. The molecule has 0 aromatic carbocycles. The van der Waals surface area contributed by atoms with Gasteiger partial charge in [0, 0.05) is 19.3 Å². The Morgan fingerprint density at radius 3 is 1.62 bits per heavy atom. The summed E-state index contributed by atoms with van der Waals surface area (Å²) in [6.07, 6.45) is 29.4. The van der Waals surface area contributed by atoms with Crippen molar-refractivity contribution in [2.75, 3.05) is 13.2 Å². The lowest BCUT2D eigenvalue weighted by Crippen LogP contribution is -2.64. The summed E-state index contributed by atoms with van der Waals surface area (Å²) in [7, 11) is -10.7. The smallest absolute Gasteiger partial charge is 0.462 e. The van der Waals surface area contributed by atoms with Gasteiger partial charge in [-0.3, -0.25) is 28.0 Å². The van der Waals surface area contributed by atoms with Crippen molar-refractivity contribution in [1.82, 2.24) is 0 Å². The largest absolute Gasteiger partial charge is 0.472 e. The van der Waals surface area contributed by atoms with E-state index in [9.17, 15) is 58.6 Å². The minimum absolute atomic E-state index is 0.0175. The molecule has 388 valence electrons. The summed E-state index contributed by atoms with van der Waals surface area (Å²) in [5.74, 6) is -1.19. The molecule has 0 aromatic heterocycles. The molecule has 7 N–H and O–H groups in total. The van der Waals surface area contributed by atoms with E-state index in [4.69, 9.17) is 18.5 Å². The molecule has 1 aliphatic rings. The predicted molar refractivity (Wildman–Crippen MR) is 260 cm³/mol. The van der Waals surface area contributed by atoms with Gasteiger partial charge in [-0.2, -0.15) is 0 Å². The van der Waals surface area contributed by atoms with Crippen LogP contribution in [-0.2, 0) is 46.6 Å². The van der Waals surface area contributed by atoms with E-state index in [-0.39, 0.29) is 18.6 Å². The van der Waals surface area contributed by atoms with E-state index < -0.39 is 83.5 Å². The van der Waals surface area contributed by atoms with Gasteiger partial charge in [0.25, 0.3) is 0 Å². The number of ketones is 1. The average Bonchev–Trinajstić information content (AvgIpc) is 3.29. The molecule has 68 heavy (non-hydrogen) atoms. The van der Waals surface area contributed by atoms with Crippen molar-refractivity contribution in [2.45, 2.75) is 191 Å². The van der Waals surface area contributed by atoms with E-state index in [0.717, 1.165) is 96.3 Å². The Bertz CT molecular complexity index is 1700. The first kappa shape index (κ1) is 62.9. The fourth-order valence-corrected chi connectivity index (χ4v) is 8.22. The fraction of sp³-hybridized carbons (Fsp3) is 0.653. The van der Waals surface area contributed by atoms with Gasteiger partial charge in [0.1, 0.15) is 43.2 Å². The Balaban J connectivity index is 2.64. The predicted octanol–water partition coefficient (Wildman–Crippen LogP) is 8.57. The van der Waals surface area contributed by atoms with Crippen molar-refractivity contribution in [2.24, 2.45) is 0 Å². The van der Waals surface area contributed by atoms with Gasteiger partial charge in [-0.25, -0.2) is 9.13 Å². The van der Waals surface area contributed by atoms with Crippen LogP contribution < -0.4 is 0 Å². The van der Waals surface area contributed by atoms with E-state index in [1.54, 1.807) is 12.2 Å². The topological polar surface area (TPSA) is 273 Å². The number of carbonyl (C=O) groups is 3. The van der Waals surface area contributed by atoms with Crippen molar-refractivity contribution in [3.63, 3.8) is 0 Å². The number of allylic oxidation sites excluding steroid dienone is 14. The van der Waals surface area contributed by atoms with Gasteiger partial charge in [-0.1, -0.05) is 131 Å². The Kier molecular flexibility index (Phi) is 35.7. The summed E-state index contributed by atoms with van der Waals surface area (Å²) >= 11 is 0. The SMILES string of the molecule is CC/C=C\C/C=C\C/C=C\C/C=C\C/C=C\CCCCCC(=O)O[C@H](COC(=O)CCCCCCC/C=C\C=C\C(=O)CCCCC)COP(=O)(O)O[C@H]1C(O)C(O)C(O)[C@@H](OP(=O)(O)O)C1O. The minimum Gasteiger partial charge on any atom is -0.462 e. The van der Waals surface area contributed by atoms with Crippen LogP contribution in [0.2, 0.25) is 0 Å². The van der Waals surface area contributed by atoms with E-state index in [1.807, 2.05) is 12.2 Å². The molecule has 17 nitrogen and oxygen atoms in total. The van der Waals surface area contributed by atoms with Crippen LogP contribution >= 0.6 is 15.6 Å². The quantitative estimate of drug-likeness (QED) is 0.00758. The Morgan fingerprint density at radius 1 is 0.529 bits per heavy atom. The highest BCUT2D eigenvalue weighted by molar-refractivity contribution is 7.47. The van der Waals surface area contributed by atoms with Gasteiger partial charge < -0.3 is 44.6 Å². The van der Waals surface area contributed by atoms with Crippen LogP contribution in [0.15, 0.2) is 85.1 Å². The Morgan fingerprint density at radius 2 is 1.03 bits per heavy atom. The number of unbranched alkanes of at least 4 members (excludes halogenated alkanes) is 10. The summed E-state index contributed by atoms with van der Waals surface area (Å²) in [6, 6.07) is 0. The zero-order valence-corrected chi connectivity index (χ0v) is 41.8. The lowest BCUT2D eigenvalue weighted by molar-refractivity contribution is -0.216. The van der Waals surface area contributed by atoms with Gasteiger partial charge >= 0.3 is 27.6 Å². The maximum atomic E-state index is 13.0. The van der Waals surface area contributed by atoms with Crippen molar-refractivity contribution >= 4 is 33.4 Å². The zero-order valence-electron chi connectivity index (χ0n) is 40.0. The number of aliphatic hydroxyl groups is 4. The van der Waals surface area contributed by atoms with E-state index in [2.05, 4.69) is 79.1 Å². The van der Waals surface area contributed by atoms with Gasteiger partial charge in [-0.05, 0) is 83.1 Å². The summed E-state index contributed by atoms with van der Waals surface area (Å²) in [5, 5.41) is 41.2. The summed E-state index contributed by atoms with van der Waals surface area (Å²) in [6.45, 7) is 2.78. The molecular formula is C49H80O17P2. The van der Waals surface area contributed by atoms with Crippen LogP contribution in [0.5, 0.6) is 0 Å². The van der Waals surface area contributed by atoms with Crippen LogP contribution in [0.3, 0.4) is 0 Å². The molecule has 8 atom stereocenters. The molecule has 0 spiro atoms. The molecule has 0 aliphatic heterocycles. The van der Waals surface area contributed by atoms with Gasteiger partial charge in [0.15, 0.2) is 11.9 Å². The van der Waals surface area contributed by atoms with Crippen LogP contribution in [0.1, 0.15) is 149 Å². The van der Waals surface area contributed by atoms with Crippen molar-refractivity contribution in [1.29, 1.82) is 0 Å². The molecule has 1 fully saturated rings. The molecule has 0 heterocycles. The van der Waals surface area contributed by atoms with E-state index in [1.165, 1.54) is 0 Å². The standard InChI is InChI=1S/C49H80O17P2/c1-3-5-7-8-9-10-11-12-13-14-15-16-17-18-19-22-26-29-33-37-43(52)64-41(38-62-42(51)36-32-28-25-23-20-21-24-27-31-35-40(50)34-30-6-4-2)39-63-68(60,61)66-49-46(55)44(53)45(54)48(47(49)56)65-67(57,58)59/h5,7,9-10,12-13,15-16,18-19,24,27,31,35,41,44-49,53-56H,3-4,6,8,11,14,17,20-23,25-26,28-30,32-34,36-39H2,1-2H3,(H,60,61)(H2,57,58,59)/b7-5-,10-9-,13-12-,16-15-,19-18-,27-24-,35-31+/t41-,44?,45?,46?,47?,48-,49+/m1/s1. The second kappa shape index (κ2) is 38.6. The molecule has 0 radical (unpaired) electrons. The normalized spacial score (nSPS) is 21.9. The fourth-order valence-electron chi connectivity index (χ4n) is 6.68. The zero-order chi connectivity index (χ0) is 50.5. The number of hydrogen-bond acceptors (Lipinski definition) is 14. The Hall–Kier alpha value is -3.15. The van der Waals surface area contributed by atoms with Crippen LogP contribution in [-0.4, -0.2) is 109 Å². The van der Waals surface area contributed by atoms with Crippen molar-refractivity contribution < 1.29 is 81.7 Å². The number of phosphoric ester groups is 2. The van der Waals surface area contributed by atoms with Crippen LogP contribution in [0.4, 0.5) is 0 Å². The lowest BCUT2D eigenvalue weighted by Gasteiger charge is -2.43. The Labute approximate surface area is 403 Å². The molecule has 0 amide bonds. The third-order valence-corrected chi connectivity index (χ3v) is 11.9. The van der Waals surface area contributed by atoms with Gasteiger partial charge in [-0.15, -0.1) is 0 Å². The molecule has 19 heteroatoms. The maximum Gasteiger partial charge on any atom is 0.472 e. The van der Waals surface area contributed by atoms with Crippen molar-refractivity contribution in [3.05, 3.63) is 85.1 Å². The molecule has 1 rings (SSSR count). The van der Waals surface area contributed by atoms with Crippen molar-refractivity contribution in [3.8, 4) is 0 Å². The highest BCUT2D eigenvalue weighted by atomic mass is 31.2. The second-order valence-corrected chi connectivity index (χ2v) is 19.1. The average molecular weight is 1000 g/mol. The van der Waals surface area contributed by atoms with Gasteiger partial charge in [0.2, 0.25) is 0 Å². The highest BCUT2D eigenvalue weighted by Crippen LogP contribution is 2.49. The lowest BCUT2D eigenvalue weighted by atomic mass is 9.85. The minimum atomic E-state index is -5.38. The summed E-state index contributed by atoms with van der Waals surface area (Å²) in [5.41, 5.74) is 0. The molecule has 0 aromatic rings. The van der Waals surface area contributed by atoms with Crippen LogP contribution in [0.25, 0.3) is 0 Å². The first-order chi connectivity index (χ1) is 32.5. The third-order valence-electron chi connectivity index (χ3n) is 10.4. The molecule has 1 saturated carbocycles. The van der Waals surface area contributed by atoms with Gasteiger partial charge in [0.05, 0.1) is 6.61 Å². The second-order valence-electron chi connectivity index (χ2n) is 16.5. The number of hydrogen-bond donors (Lipinski definition) is 7. The first-order valence-electron chi connectivity index (χ1n) is 24.1. The monoisotopic (exact) mass is 1000 g/mol.